The number of allylic oxidation sites excluding steroid dienone is 1. The SMILES string of the molecule is COc1ccc(C(C#N)=Cc2ccc(OCCCCCCCCO)c(OC)c2)cc1OC. The first-order valence-corrected chi connectivity index (χ1v) is 10.9. The highest BCUT2D eigenvalue weighted by Gasteiger charge is 2.10. The van der Waals surface area contributed by atoms with Crippen LogP contribution in [0.1, 0.15) is 49.7 Å². The van der Waals surface area contributed by atoms with Crippen LogP contribution in [0, 0.1) is 11.3 Å². The number of nitriles is 1. The number of hydrogen-bond donors (Lipinski definition) is 1. The molecule has 0 aromatic heterocycles. The van der Waals surface area contributed by atoms with Gasteiger partial charge in [0.05, 0.1) is 39.6 Å². The van der Waals surface area contributed by atoms with Gasteiger partial charge in [-0.1, -0.05) is 31.7 Å². The molecule has 0 saturated heterocycles. The summed E-state index contributed by atoms with van der Waals surface area (Å²) in [5.41, 5.74) is 2.08. The van der Waals surface area contributed by atoms with Crippen molar-refractivity contribution in [2.24, 2.45) is 0 Å². The van der Waals surface area contributed by atoms with Crippen LogP contribution in [-0.2, 0) is 0 Å². The predicted molar refractivity (Wildman–Crippen MR) is 126 cm³/mol. The third-order valence-electron chi connectivity index (χ3n) is 5.12. The zero-order chi connectivity index (χ0) is 23.2. The molecule has 6 heteroatoms. The molecule has 2 aromatic rings. The van der Waals surface area contributed by atoms with Gasteiger partial charge in [-0.25, -0.2) is 0 Å². The van der Waals surface area contributed by atoms with Crippen LogP contribution in [0.3, 0.4) is 0 Å². The molecule has 0 aliphatic rings. The summed E-state index contributed by atoms with van der Waals surface area (Å²) in [6.07, 6.45) is 8.14. The molecule has 32 heavy (non-hydrogen) atoms. The minimum absolute atomic E-state index is 0.276. The van der Waals surface area contributed by atoms with Gasteiger partial charge in [0.2, 0.25) is 0 Å². The molecule has 0 atom stereocenters. The molecule has 6 nitrogen and oxygen atoms in total. The Morgan fingerprint density at radius 2 is 1.44 bits per heavy atom. The molecule has 0 saturated carbocycles. The maximum absolute atomic E-state index is 9.69. The van der Waals surface area contributed by atoms with Crippen molar-refractivity contribution in [3.63, 3.8) is 0 Å². The van der Waals surface area contributed by atoms with E-state index in [1.807, 2.05) is 24.3 Å². The van der Waals surface area contributed by atoms with E-state index < -0.39 is 0 Å². The van der Waals surface area contributed by atoms with Gasteiger partial charge in [0.1, 0.15) is 0 Å². The zero-order valence-electron chi connectivity index (χ0n) is 19.2. The molecule has 0 bridgehead atoms. The van der Waals surface area contributed by atoms with Crippen LogP contribution in [-0.4, -0.2) is 39.6 Å². The predicted octanol–water partition coefficient (Wildman–Crippen LogP) is 5.49. The van der Waals surface area contributed by atoms with Crippen molar-refractivity contribution >= 4 is 11.6 Å². The van der Waals surface area contributed by atoms with Crippen molar-refractivity contribution < 1.29 is 24.1 Å². The molecule has 1 N–H and O–H groups in total. The molecule has 0 heterocycles. The van der Waals surface area contributed by atoms with Crippen LogP contribution in [0.5, 0.6) is 23.0 Å². The Morgan fingerprint density at radius 1 is 0.812 bits per heavy atom. The number of benzene rings is 2. The Labute approximate surface area is 191 Å². The number of aliphatic hydroxyl groups excluding tert-OH is 1. The molecule has 0 amide bonds. The van der Waals surface area contributed by atoms with Crippen molar-refractivity contribution in [1.82, 2.24) is 0 Å². The third kappa shape index (κ3) is 7.51. The summed E-state index contributed by atoms with van der Waals surface area (Å²) in [6, 6.07) is 13.3. The molecule has 0 spiro atoms. The summed E-state index contributed by atoms with van der Waals surface area (Å²) in [7, 11) is 4.75. The first kappa shape index (κ1) is 25.1. The second kappa shape index (κ2) is 14.0. The number of rotatable bonds is 14. The van der Waals surface area contributed by atoms with Crippen molar-refractivity contribution in [2.45, 2.75) is 38.5 Å². The van der Waals surface area contributed by atoms with E-state index in [2.05, 4.69) is 6.07 Å². The number of methoxy groups -OCH3 is 3. The van der Waals surface area contributed by atoms with Gasteiger partial charge in [-0.15, -0.1) is 0 Å². The summed E-state index contributed by atoms with van der Waals surface area (Å²) in [5.74, 6) is 2.50. The fraction of sp³-hybridized carbons (Fsp3) is 0.423. The highest BCUT2D eigenvalue weighted by atomic mass is 16.5. The topological polar surface area (TPSA) is 80.9 Å². The molecule has 2 rings (SSSR count). The molecule has 172 valence electrons. The van der Waals surface area contributed by atoms with E-state index in [1.54, 1.807) is 39.5 Å². The van der Waals surface area contributed by atoms with Gasteiger partial charge in [-0.3, -0.25) is 0 Å². The standard InChI is InChI=1S/C26H33NO5/c1-29-23-13-11-21(18-26(23)31-3)22(19-27)16-20-10-12-24(25(17-20)30-2)32-15-9-7-5-4-6-8-14-28/h10-13,16-18,28H,4-9,14-15H2,1-3H3. The lowest BCUT2D eigenvalue weighted by atomic mass is 10.0. The van der Waals surface area contributed by atoms with Crippen LogP contribution in [0.25, 0.3) is 11.6 Å². The Hall–Kier alpha value is -3.17. The lowest BCUT2D eigenvalue weighted by molar-refractivity contribution is 0.277. The lowest BCUT2D eigenvalue weighted by Crippen LogP contribution is -1.99. The maximum atomic E-state index is 9.69. The second-order valence-corrected chi connectivity index (χ2v) is 7.34. The fourth-order valence-corrected chi connectivity index (χ4v) is 3.35. The van der Waals surface area contributed by atoms with Gasteiger partial charge in [0.25, 0.3) is 0 Å². The maximum Gasteiger partial charge on any atom is 0.161 e. The van der Waals surface area contributed by atoms with E-state index >= 15 is 0 Å². The van der Waals surface area contributed by atoms with E-state index in [0.29, 0.717) is 35.2 Å². The van der Waals surface area contributed by atoms with E-state index in [-0.39, 0.29) is 6.61 Å². The largest absolute Gasteiger partial charge is 0.493 e. The van der Waals surface area contributed by atoms with Crippen LogP contribution >= 0.6 is 0 Å². The van der Waals surface area contributed by atoms with Gasteiger partial charge in [0.15, 0.2) is 23.0 Å². The number of hydrogen-bond acceptors (Lipinski definition) is 6. The average Bonchev–Trinajstić information content (AvgIpc) is 2.84. The lowest BCUT2D eigenvalue weighted by Gasteiger charge is -2.12. The highest BCUT2D eigenvalue weighted by molar-refractivity contribution is 5.90. The van der Waals surface area contributed by atoms with E-state index in [0.717, 1.165) is 49.7 Å². The minimum Gasteiger partial charge on any atom is -0.493 e. The molecule has 0 radical (unpaired) electrons. The van der Waals surface area contributed by atoms with Crippen molar-refractivity contribution in [3.8, 4) is 29.1 Å². The quantitative estimate of drug-likeness (QED) is 0.238. The smallest absolute Gasteiger partial charge is 0.161 e. The van der Waals surface area contributed by atoms with E-state index in [9.17, 15) is 5.26 Å². The Bertz CT molecular complexity index is 917. The molecule has 0 aliphatic carbocycles. The summed E-state index contributed by atoms with van der Waals surface area (Å²) in [4.78, 5) is 0. The van der Waals surface area contributed by atoms with Crippen molar-refractivity contribution in [3.05, 3.63) is 47.5 Å². The average molecular weight is 440 g/mol. The second-order valence-electron chi connectivity index (χ2n) is 7.34. The van der Waals surface area contributed by atoms with Gasteiger partial charge < -0.3 is 24.1 Å². The fourth-order valence-electron chi connectivity index (χ4n) is 3.35. The van der Waals surface area contributed by atoms with Crippen LogP contribution in [0.4, 0.5) is 0 Å². The number of nitrogens with zero attached hydrogens (tertiary/aromatic N) is 1. The van der Waals surface area contributed by atoms with Gasteiger partial charge in [0, 0.05) is 6.61 Å². The third-order valence-corrected chi connectivity index (χ3v) is 5.12. The van der Waals surface area contributed by atoms with Crippen LogP contribution in [0.2, 0.25) is 0 Å². The van der Waals surface area contributed by atoms with Gasteiger partial charge >= 0.3 is 0 Å². The summed E-state index contributed by atoms with van der Waals surface area (Å²) < 4.78 is 22.0. The minimum atomic E-state index is 0.276. The van der Waals surface area contributed by atoms with Crippen molar-refractivity contribution in [2.75, 3.05) is 34.5 Å². The van der Waals surface area contributed by atoms with E-state index in [4.69, 9.17) is 24.1 Å². The Balaban J connectivity index is 2.04. The highest BCUT2D eigenvalue weighted by Crippen LogP contribution is 2.33. The number of ether oxygens (including phenoxy) is 4. The monoisotopic (exact) mass is 439 g/mol. The molecule has 0 unspecified atom stereocenters. The summed E-state index contributed by atoms with van der Waals surface area (Å²) >= 11 is 0. The van der Waals surface area contributed by atoms with Crippen LogP contribution in [0.15, 0.2) is 36.4 Å². The first-order chi connectivity index (χ1) is 15.7. The Kier molecular flexibility index (Phi) is 11.0. The molecule has 0 aliphatic heterocycles. The van der Waals surface area contributed by atoms with Gasteiger partial charge in [-0.05, 0) is 60.4 Å². The molecular weight excluding hydrogens is 406 g/mol. The number of aliphatic hydroxyl groups is 1. The van der Waals surface area contributed by atoms with E-state index in [1.165, 1.54) is 0 Å². The molecular formula is C26H33NO5. The van der Waals surface area contributed by atoms with Gasteiger partial charge in [-0.2, -0.15) is 5.26 Å². The zero-order valence-corrected chi connectivity index (χ0v) is 19.2. The molecule has 2 aromatic carbocycles. The summed E-state index contributed by atoms with van der Waals surface area (Å²) in [6.45, 7) is 0.902. The Morgan fingerprint density at radius 3 is 2.09 bits per heavy atom. The molecule has 0 fully saturated rings. The summed E-state index contributed by atoms with van der Waals surface area (Å²) in [5, 5.41) is 18.5. The first-order valence-electron chi connectivity index (χ1n) is 10.9. The van der Waals surface area contributed by atoms with Crippen LogP contribution < -0.4 is 18.9 Å². The number of unbranched alkanes of at least 4 members (excludes halogenated alkanes) is 5. The normalized spacial score (nSPS) is 11.0. The van der Waals surface area contributed by atoms with Crippen molar-refractivity contribution in [1.29, 1.82) is 5.26 Å².